The standard InChI is InChI=1S/C12H16N2O/c1-7-6-10-9(8(2)12(7)13)4-3-5-11(15)14-10/h6H,3-5,13H2,1-2H3,(H,14,15). The summed E-state index contributed by atoms with van der Waals surface area (Å²) in [5.41, 5.74) is 11.1. The van der Waals surface area contributed by atoms with Crippen LogP contribution < -0.4 is 11.1 Å². The summed E-state index contributed by atoms with van der Waals surface area (Å²) >= 11 is 0. The first-order valence-corrected chi connectivity index (χ1v) is 5.28. The van der Waals surface area contributed by atoms with E-state index in [9.17, 15) is 4.79 Å². The minimum atomic E-state index is 0.109. The van der Waals surface area contributed by atoms with Crippen LogP contribution in [0, 0.1) is 13.8 Å². The van der Waals surface area contributed by atoms with Gasteiger partial charge in [0.05, 0.1) is 0 Å². The highest BCUT2D eigenvalue weighted by atomic mass is 16.1. The molecule has 15 heavy (non-hydrogen) atoms. The number of amides is 1. The molecule has 3 N–H and O–H groups in total. The lowest BCUT2D eigenvalue weighted by molar-refractivity contribution is -0.116. The van der Waals surface area contributed by atoms with Crippen molar-refractivity contribution >= 4 is 17.3 Å². The summed E-state index contributed by atoms with van der Waals surface area (Å²) in [4.78, 5) is 11.4. The van der Waals surface area contributed by atoms with Gasteiger partial charge in [0.15, 0.2) is 0 Å². The minimum absolute atomic E-state index is 0.109. The van der Waals surface area contributed by atoms with Gasteiger partial charge >= 0.3 is 0 Å². The molecule has 0 aliphatic carbocycles. The molecule has 0 unspecified atom stereocenters. The SMILES string of the molecule is Cc1cc2c(c(C)c1N)CCCC(=O)N2. The second kappa shape index (κ2) is 3.57. The van der Waals surface area contributed by atoms with Crippen molar-refractivity contribution in [3.63, 3.8) is 0 Å². The highest BCUT2D eigenvalue weighted by molar-refractivity contribution is 5.93. The van der Waals surface area contributed by atoms with Crippen molar-refractivity contribution in [3.8, 4) is 0 Å². The molecule has 3 nitrogen and oxygen atoms in total. The number of carbonyl (C=O) groups is 1. The number of nitrogens with two attached hydrogens (primary N) is 1. The van der Waals surface area contributed by atoms with Crippen molar-refractivity contribution in [1.82, 2.24) is 0 Å². The van der Waals surface area contributed by atoms with Crippen LogP contribution in [0.2, 0.25) is 0 Å². The predicted octanol–water partition coefficient (Wildman–Crippen LogP) is 2.16. The number of nitrogens with one attached hydrogen (secondary N) is 1. The van der Waals surface area contributed by atoms with Crippen molar-refractivity contribution in [2.75, 3.05) is 11.1 Å². The van der Waals surface area contributed by atoms with E-state index in [1.165, 1.54) is 5.56 Å². The molecule has 1 aromatic carbocycles. The second-order valence-corrected chi connectivity index (χ2v) is 4.16. The van der Waals surface area contributed by atoms with Gasteiger partial charge in [-0.05, 0) is 49.4 Å². The Morgan fingerprint density at radius 1 is 1.33 bits per heavy atom. The third-order valence-corrected chi connectivity index (χ3v) is 3.07. The summed E-state index contributed by atoms with van der Waals surface area (Å²) in [6.45, 7) is 4.00. The number of anilines is 2. The zero-order valence-electron chi connectivity index (χ0n) is 9.18. The van der Waals surface area contributed by atoms with Gasteiger partial charge in [-0.2, -0.15) is 0 Å². The van der Waals surface area contributed by atoms with Crippen LogP contribution in [0.4, 0.5) is 11.4 Å². The summed E-state index contributed by atoms with van der Waals surface area (Å²) in [6.07, 6.45) is 2.44. The minimum Gasteiger partial charge on any atom is -0.398 e. The van der Waals surface area contributed by atoms with Crippen LogP contribution in [0.15, 0.2) is 6.07 Å². The maximum atomic E-state index is 11.4. The average molecular weight is 204 g/mol. The molecule has 80 valence electrons. The number of benzene rings is 1. The molecule has 0 spiro atoms. The van der Waals surface area contributed by atoms with E-state index in [1.807, 2.05) is 19.9 Å². The molecule has 0 saturated carbocycles. The van der Waals surface area contributed by atoms with Crippen LogP contribution in [0.5, 0.6) is 0 Å². The van der Waals surface area contributed by atoms with Crippen LogP contribution >= 0.6 is 0 Å². The Hall–Kier alpha value is -1.51. The fourth-order valence-electron chi connectivity index (χ4n) is 2.11. The molecule has 1 aliphatic heterocycles. The normalized spacial score (nSPS) is 15.5. The Labute approximate surface area is 89.7 Å². The first-order valence-electron chi connectivity index (χ1n) is 5.28. The Morgan fingerprint density at radius 3 is 2.80 bits per heavy atom. The largest absolute Gasteiger partial charge is 0.398 e. The molecule has 0 atom stereocenters. The number of aryl methyl sites for hydroxylation is 1. The van der Waals surface area contributed by atoms with Crippen molar-refractivity contribution in [3.05, 3.63) is 22.8 Å². The first kappa shape index (κ1) is 10.0. The lowest BCUT2D eigenvalue weighted by Crippen LogP contribution is -2.10. The smallest absolute Gasteiger partial charge is 0.224 e. The molecule has 1 aliphatic rings. The first-order chi connectivity index (χ1) is 7.09. The molecule has 0 fully saturated rings. The molecular formula is C12H16N2O. The van der Waals surface area contributed by atoms with E-state index in [-0.39, 0.29) is 5.91 Å². The Morgan fingerprint density at radius 2 is 2.07 bits per heavy atom. The highest BCUT2D eigenvalue weighted by Gasteiger charge is 2.16. The number of fused-ring (bicyclic) bond motifs is 1. The van der Waals surface area contributed by atoms with E-state index in [1.54, 1.807) is 0 Å². The number of rotatable bonds is 0. The Balaban J connectivity index is 2.57. The van der Waals surface area contributed by atoms with Crippen LogP contribution in [0.25, 0.3) is 0 Å². The molecule has 1 heterocycles. The fraction of sp³-hybridized carbons (Fsp3) is 0.417. The molecule has 0 bridgehead atoms. The summed E-state index contributed by atoms with van der Waals surface area (Å²) in [5.74, 6) is 0.109. The Kier molecular flexibility index (Phi) is 2.39. The van der Waals surface area contributed by atoms with Gasteiger partial charge in [-0.25, -0.2) is 0 Å². The predicted molar refractivity (Wildman–Crippen MR) is 61.9 cm³/mol. The summed E-state index contributed by atoms with van der Waals surface area (Å²) in [5, 5.41) is 2.94. The second-order valence-electron chi connectivity index (χ2n) is 4.16. The number of carbonyl (C=O) groups excluding carboxylic acids is 1. The van der Waals surface area contributed by atoms with Crippen molar-refractivity contribution in [2.45, 2.75) is 33.1 Å². The van der Waals surface area contributed by atoms with Crippen molar-refractivity contribution in [1.29, 1.82) is 0 Å². The summed E-state index contributed by atoms with van der Waals surface area (Å²) in [7, 11) is 0. The quantitative estimate of drug-likeness (QED) is 0.636. The van der Waals surface area contributed by atoms with E-state index in [0.29, 0.717) is 6.42 Å². The highest BCUT2D eigenvalue weighted by Crippen LogP contribution is 2.31. The van der Waals surface area contributed by atoms with E-state index in [2.05, 4.69) is 5.32 Å². The molecule has 0 saturated heterocycles. The zero-order chi connectivity index (χ0) is 11.0. The molecule has 1 amide bonds. The van der Waals surface area contributed by atoms with Crippen molar-refractivity contribution in [2.24, 2.45) is 0 Å². The van der Waals surface area contributed by atoms with Gasteiger partial charge in [0, 0.05) is 17.8 Å². The summed E-state index contributed by atoms with van der Waals surface area (Å²) in [6, 6.07) is 1.97. The average Bonchev–Trinajstić information content (AvgIpc) is 2.36. The molecule has 2 rings (SSSR count). The fourth-order valence-corrected chi connectivity index (χ4v) is 2.11. The van der Waals surface area contributed by atoms with Gasteiger partial charge in [0.1, 0.15) is 0 Å². The van der Waals surface area contributed by atoms with E-state index >= 15 is 0 Å². The monoisotopic (exact) mass is 204 g/mol. The molecule has 3 heteroatoms. The van der Waals surface area contributed by atoms with Crippen molar-refractivity contribution < 1.29 is 4.79 Å². The lowest BCUT2D eigenvalue weighted by atomic mass is 9.97. The third kappa shape index (κ3) is 1.69. The maximum absolute atomic E-state index is 11.4. The maximum Gasteiger partial charge on any atom is 0.224 e. The summed E-state index contributed by atoms with van der Waals surface area (Å²) < 4.78 is 0. The van der Waals surface area contributed by atoms with Gasteiger partial charge < -0.3 is 11.1 Å². The number of hydrogen-bond acceptors (Lipinski definition) is 2. The Bertz CT molecular complexity index is 424. The molecule has 0 aromatic heterocycles. The van der Waals surface area contributed by atoms with Crippen LogP contribution in [0.3, 0.4) is 0 Å². The van der Waals surface area contributed by atoms with E-state index in [4.69, 9.17) is 5.73 Å². The van der Waals surface area contributed by atoms with Gasteiger partial charge in [-0.15, -0.1) is 0 Å². The zero-order valence-corrected chi connectivity index (χ0v) is 9.18. The van der Waals surface area contributed by atoms with Gasteiger partial charge in [-0.3, -0.25) is 4.79 Å². The molecular weight excluding hydrogens is 188 g/mol. The number of nitrogen functional groups attached to an aromatic ring is 1. The van der Waals surface area contributed by atoms with Gasteiger partial charge in [0.25, 0.3) is 0 Å². The number of hydrogen-bond donors (Lipinski definition) is 2. The van der Waals surface area contributed by atoms with E-state index in [0.717, 1.165) is 35.3 Å². The third-order valence-electron chi connectivity index (χ3n) is 3.07. The molecule has 1 aromatic rings. The van der Waals surface area contributed by atoms with Gasteiger partial charge in [-0.1, -0.05) is 0 Å². The van der Waals surface area contributed by atoms with Crippen LogP contribution in [-0.4, -0.2) is 5.91 Å². The van der Waals surface area contributed by atoms with Gasteiger partial charge in [0.2, 0.25) is 5.91 Å². The topological polar surface area (TPSA) is 55.1 Å². The molecule has 0 radical (unpaired) electrons. The van der Waals surface area contributed by atoms with E-state index < -0.39 is 0 Å². The van der Waals surface area contributed by atoms with Crippen LogP contribution in [0.1, 0.15) is 29.5 Å². The lowest BCUT2D eigenvalue weighted by Gasteiger charge is -2.14. The van der Waals surface area contributed by atoms with Crippen LogP contribution in [-0.2, 0) is 11.2 Å².